The number of nitriles is 1. The highest BCUT2D eigenvalue weighted by Gasteiger charge is 2.18. The fourth-order valence-corrected chi connectivity index (χ4v) is 3.68. The Bertz CT molecular complexity index is 1340. The monoisotopic (exact) mass is 510 g/mol. The van der Waals surface area contributed by atoms with Gasteiger partial charge in [0.1, 0.15) is 17.4 Å². The van der Waals surface area contributed by atoms with Crippen LogP contribution in [0.4, 0.5) is 11.4 Å². The van der Waals surface area contributed by atoms with Gasteiger partial charge in [-0.3, -0.25) is 24.5 Å². The third-order valence-corrected chi connectivity index (χ3v) is 5.74. The normalized spacial score (nSPS) is 10.8. The number of nitro benzene ring substituents is 1. The second kappa shape index (κ2) is 10.1. The van der Waals surface area contributed by atoms with Gasteiger partial charge in [0.15, 0.2) is 0 Å². The predicted molar refractivity (Wildman–Crippen MR) is 127 cm³/mol. The van der Waals surface area contributed by atoms with E-state index in [1.807, 2.05) is 18.2 Å². The van der Waals surface area contributed by atoms with Crippen LogP contribution in [0, 0.1) is 28.4 Å². The van der Waals surface area contributed by atoms with E-state index < -0.39 is 10.5 Å². The molecule has 168 valence electrons. The van der Waals surface area contributed by atoms with Gasteiger partial charge in [-0.15, -0.1) is 0 Å². The zero-order chi connectivity index (χ0) is 24.1. The summed E-state index contributed by atoms with van der Waals surface area (Å²) in [4.78, 5) is 27.5. The molecule has 0 aliphatic carbocycles. The number of nitrogens with zero attached hydrogens (tertiary/aromatic N) is 4. The number of methoxy groups -OCH3 is 1. The van der Waals surface area contributed by atoms with Crippen LogP contribution < -0.4 is 10.3 Å². The molecule has 0 spiro atoms. The molecule has 0 bridgehead atoms. The number of aromatic hydroxyl groups is 1. The molecule has 10 heteroatoms. The molecule has 1 aromatic heterocycles. The summed E-state index contributed by atoms with van der Waals surface area (Å²) in [5.74, 6) is 0.392. The minimum atomic E-state index is -0.588. The summed E-state index contributed by atoms with van der Waals surface area (Å²) in [6.07, 6.45) is 1.77. The quantitative estimate of drug-likeness (QED) is 0.284. The lowest BCUT2D eigenvalue weighted by molar-refractivity contribution is -0.384. The Kier molecular flexibility index (Phi) is 7.25. The van der Waals surface area contributed by atoms with Crippen LogP contribution in [0.5, 0.6) is 11.6 Å². The van der Waals surface area contributed by atoms with Gasteiger partial charge in [0.25, 0.3) is 11.2 Å². The van der Waals surface area contributed by atoms with Crippen molar-refractivity contribution in [1.29, 1.82) is 5.26 Å². The molecule has 3 rings (SSSR count). The van der Waals surface area contributed by atoms with Crippen LogP contribution in [0.3, 0.4) is 0 Å². The molecule has 0 unspecified atom stereocenters. The first-order valence-corrected chi connectivity index (χ1v) is 10.5. The lowest BCUT2D eigenvalue weighted by Crippen LogP contribution is -2.26. The summed E-state index contributed by atoms with van der Waals surface area (Å²) in [5.41, 5.74) is 1.04. The average Bonchev–Trinajstić information content (AvgIpc) is 2.80. The number of hydrogen-bond acceptors (Lipinski definition) is 7. The number of pyridine rings is 1. The van der Waals surface area contributed by atoms with Crippen molar-refractivity contribution in [2.75, 3.05) is 7.11 Å². The molecular formula is C23H19BrN4O5. The summed E-state index contributed by atoms with van der Waals surface area (Å²) >= 11 is 3.24. The van der Waals surface area contributed by atoms with Crippen molar-refractivity contribution in [1.82, 2.24) is 4.57 Å². The summed E-state index contributed by atoms with van der Waals surface area (Å²) in [5, 5.41) is 31.3. The molecule has 1 heterocycles. The summed E-state index contributed by atoms with van der Waals surface area (Å²) in [6, 6.07) is 13.3. The molecule has 0 fully saturated rings. The Morgan fingerprint density at radius 3 is 2.58 bits per heavy atom. The molecule has 0 atom stereocenters. The van der Waals surface area contributed by atoms with Crippen molar-refractivity contribution in [3.8, 4) is 17.7 Å². The van der Waals surface area contributed by atoms with E-state index in [0.717, 1.165) is 10.1 Å². The highest BCUT2D eigenvalue weighted by molar-refractivity contribution is 9.10. The second-order valence-electron chi connectivity index (χ2n) is 7.05. The molecule has 3 aromatic rings. The van der Waals surface area contributed by atoms with Gasteiger partial charge in [0.2, 0.25) is 5.88 Å². The molecule has 2 aromatic carbocycles. The van der Waals surface area contributed by atoms with Crippen molar-refractivity contribution in [3.05, 3.63) is 89.7 Å². The summed E-state index contributed by atoms with van der Waals surface area (Å²) < 4.78 is 6.67. The maximum absolute atomic E-state index is 12.8. The van der Waals surface area contributed by atoms with E-state index in [1.165, 1.54) is 24.4 Å². The van der Waals surface area contributed by atoms with Gasteiger partial charge in [-0.2, -0.15) is 5.26 Å². The van der Waals surface area contributed by atoms with Crippen molar-refractivity contribution in [2.45, 2.75) is 19.9 Å². The molecular weight excluding hydrogens is 492 g/mol. The van der Waals surface area contributed by atoms with Crippen molar-refractivity contribution in [2.24, 2.45) is 4.99 Å². The Morgan fingerprint density at radius 1 is 1.30 bits per heavy atom. The Labute approximate surface area is 197 Å². The number of rotatable bonds is 7. The number of benzene rings is 2. The smallest absolute Gasteiger partial charge is 0.271 e. The van der Waals surface area contributed by atoms with E-state index in [2.05, 4.69) is 20.9 Å². The average molecular weight is 511 g/mol. The Morgan fingerprint density at radius 2 is 2.00 bits per heavy atom. The predicted octanol–water partition coefficient (Wildman–Crippen LogP) is 4.41. The van der Waals surface area contributed by atoms with Crippen LogP contribution in [0.2, 0.25) is 0 Å². The fraction of sp³-hybridized carbons (Fsp3) is 0.174. The number of aromatic nitrogens is 1. The summed E-state index contributed by atoms with van der Waals surface area (Å²) in [7, 11) is 1.57. The van der Waals surface area contributed by atoms with Crippen molar-refractivity contribution >= 4 is 33.5 Å². The molecule has 0 aliphatic heterocycles. The highest BCUT2D eigenvalue weighted by Crippen LogP contribution is 2.30. The van der Waals surface area contributed by atoms with E-state index in [-0.39, 0.29) is 29.2 Å². The van der Waals surface area contributed by atoms with Gasteiger partial charge in [0.05, 0.1) is 23.3 Å². The molecule has 0 saturated heterocycles. The first kappa shape index (κ1) is 23.7. The van der Waals surface area contributed by atoms with Gasteiger partial charge in [-0.1, -0.05) is 12.1 Å². The largest absolute Gasteiger partial charge is 0.497 e. The first-order chi connectivity index (χ1) is 15.8. The third kappa shape index (κ3) is 5.10. The van der Waals surface area contributed by atoms with Crippen molar-refractivity contribution in [3.63, 3.8) is 0 Å². The van der Waals surface area contributed by atoms with Crippen LogP contribution in [-0.2, 0) is 13.0 Å². The van der Waals surface area contributed by atoms with Crippen LogP contribution in [-0.4, -0.2) is 27.9 Å². The van der Waals surface area contributed by atoms with Gasteiger partial charge in [-0.05, 0) is 58.6 Å². The molecule has 9 nitrogen and oxygen atoms in total. The van der Waals surface area contributed by atoms with E-state index in [9.17, 15) is 25.3 Å². The third-order valence-electron chi connectivity index (χ3n) is 5.10. The summed E-state index contributed by atoms with van der Waals surface area (Å²) in [6.45, 7) is 1.70. The lowest BCUT2D eigenvalue weighted by atomic mass is 10.1. The topological polar surface area (TPSA) is 131 Å². The van der Waals surface area contributed by atoms with Crippen LogP contribution in [0.15, 0.2) is 56.7 Å². The Hall–Kier alpha value is -3.97. The number of halogens is 1. The molecule has 1 N–H and O–H groups in total. The lowest BCUT2D eigenvalue weighted by Gasteiger charge is -2.14. The van der Waals surface area contributed by atoms with Crippen molar-refractivity contribution < 1.29 is 14.8 Å². The highest BCUT2D eigenvalue weighted by atomic mass is 79.9. The van der Waals surface area contributed by atoms with Gasteiger partial charge < -0.3 is 9.84 Å². The van der Waals surface area contributed by atoms with E-state index in [4.69, 9.17) is 4.74 Å². The zero-order valence-electron chi connectivity index (χ0n) is 17.8. The fourth-order valence-electron chi connectivity index (χ4n) is 3.21. The van der Waals surface area contributed by atoms with E-state index in [0.29, 0.717) is 27.9 Å². The number of non-ortho nitro benzene ring substituents is 1. The van der Waals surface area contributed by atoms with Crippen LogP contribution in [0.1, 0.15) is 22.3 Å². The van der Waals surface area contributed by atoms with E-state index >= 15 is 0 Å². The van der Waals surface area contributed by atoms with Gasteiger partial charge >= 0.3 is 0 Å². The minimum Gasteiger partial charge on any atom is -0.497 e. The minimum absolute atomic E-state index is 0.0910. The van der Waals surface area contributed by atoms with E-state index in [1.54, 1.807) is 26.2 Å². The molecule has 33 heavy (non-hydrogen) atoms. The molecule has 0 amide bonds. The van der Waals surface area contributed by atoms with Gasteiger partial charge in [0, 0.05) is 29.4 Å². The SMILES string of the molecule is COc1ccc(CCn2c(O)c(C=Nc3ccc([N+](=O)[O-])cc3Br)c(C)c(C#N)c2=O)cc1. The zero-order valence-corrected chi connectivity index (χ0v) is 19.4. The first-order valence-electron chi connectivity index (χ1n) is 9.74. The van der Waals surface area contributed by atoms with Crippen LogP contribution >= 0.6 is 15.9 Å². The molecule has 0 aliphatic rings. The standard InChI is InChI=1S/C23H19BrN4O5/c1-14-18(12-25)22(29)27(10-9-15-3-6-17(33-2)7-4-15)23(30)19(14)13-26-21-8-5-16(28(31)32)11-20(21)24/h3-8,11,13,30H,9-10H2,1-2H3. The molecule has 0 radical (unpaired) electrons. The molecule has 0 saturated carbocycles. The Balaban J connectivity index is 1.98. The second-order valence-corrected chi connectivity index (χ2v) is 7.91. The maximum atomic E-state index is 12.8. The number of aliphatic imine (C=N–C) groups is 1. The van der Waals surface area contributed by atoms with Gasteiger partial charge in [-0.25, -0.2) is 0 Å². The number of hydrogen-bond donors (Lipinski definition) is 1. The number of aryl methyl sites for hydroxylation is 1. The maximum Gasteiger partial charge on any atom is 0.271 e. The van der Waals surface area contributed by atoms with Crippen LogP contribution in [0.25, 0.3) is 0 Å². The number of ether oxygens (including phenoxy) is 1. The number of nitro groups is 1.